The van der Waals surface area contributed by atoms with E-state index in [0.717, 1.165) is 12.8 Å². The molecule has 1 aromatic heterocycles. The van der Waals surface area contributed by atoms with Crippen LogP contribution in [-0.2, 0) is 6.54 Å². The Labute approximate surface area is 122 Å². The predicted octanol–water partition coefficient (Wildman–Crippen LogP) is 3.17. The Balaban J connectivity index is 2.25. The van der Waals surface area contributed by atoms with Crippen molar-refractivity contribution >= 4 is 21.6 Å². The molecule has 0 aliphatic heterocycles. The Morgan fingerprint density at radius 3 is 2.55 bits per heavy atom. The van der Waals surface area contributed by atoms with Gasteiger partial charge in [0.1, 0.15) is 11.0 Å². The number of nitrogens with one attached hydrogen (secondary N) is 1. The Morgan fingerprint density at radius 2 is 2.05 bits per heavy atom. The lowest BCUT2D eigenvalue weighted by Gasteiger charge is -2.28. The van der Waals surface area contributed by atoms with E-state index in [9.17, 15) is 18.0 Å². The predicted molar refractivity (Wildman–Crippen MR) is 72.7 cm³/mol. The van der Waals surface area contributed by atoms with E-state index >= 15 is 0 Å². The summed E-state index contributed by atoms with van der Waals surface area (Å²) in [5, 5.41) is 6.76. The molecule has 2 rings (SSSR count). The Morgan fingerprint density at radius 1 is 1.45 bits per heavy atom. The fourth-order valence-electron chi connectivity index (χ4n) is 2.09. The maximum atomic E-state index is 12.3. The zero-order chi connectivity index (χ0) is 15.1. The molecule has 4 nitrogen and oxygen atoms in total. The highest BCUT2D eigenvalue weighted by atomic mass is 79.9. The van der Waals surface area contributed by atoms with Crippen molar-refractivity contribution in [3.8, 4) is 0 Å². The fourth-order valence-corrected chi connectivity index (χ4v) is 2.50. The van der Waals surface area contributed by atoms with Crippen molar-refractivity contribution in [3.05, 3.63) is 21.0 Å². The number of alkyl halides is 3. The number of hydrogen-bond acceptors (Lipinski definition) is 3. The molecule has 8 heteroatoms. The van der Waals surface area contributed by atoms with Crippen molar-refractivity contribution in [2.24, 2.45) is 5.92 Å². The average molecular weight is 354 g/mol. The molecule has 1 N–H and O–H groups in total. The van der Waals surface area contributed by atoms with Gasteiger partial charge in [-0.05, 0) is 48.5 Å². The van der Waals surface area contributed by atoms with Crippen LogP contribution < -0.4 is 10.9 Å². The third-order valence-electron chi connectivity index (χ3n) is 3.37. The zero-order valence-electron chi connectivity index (χ0n) is 11.1. The number of rotatable bonds is 4. The van der Waals surface area contributed by atoms with E-state index < -0.39 is 18.3 Å². The van der Waals surface area contributed by atoms with E-state index in [1.165, 1.54) is 6.20 Å². The second-order valence-electron chi connectivity index (χ2n) is 5.57. The molecule has 1 fully saturated rings. The molecule has 0 atom stereocenters. The van der Waals surface area contributed by atoms with E-state index in [2.05, 4.69) is 26.3 Å². The number of nitrogens with zero attached hydrogens (tertiary/aromatic N) is 2. The smallest absolute Gasteiger partial charge is 0.378 e. The van der Waals surface area contributed by atoms with Crippen LogP contribution in [0.15, 0.2) is 15.5 Å². The maximum Gasteiger partial charge on any atom is 0.408 e. The second-order valence-corrected chi connectivity index (χ2v) is 6.36. The molecular formula is C12H15BrF3N3O. The summed E-state index contributed by atoms with van der Waals surface area (Å²) >= 11 is 3.06. The number of hydrogen-bond donors (Lipinski definition) is 1. The van der Waals surface area contributed by atoms with Crippen molar-refractivity contribution in [1.29, 1.82) is 0 Å². The van der Waals surface area contributed by atoms with E-state index in [0.29, 0.717) is 16.3 Å². The summed E-state index contributed by atoms with van der Waals surface area (Å²) in [5.74, 6) is 0.506. The van der Waals surface area contributed by atoms with Gasteiger partial charge in [0, 0.05) is 5.54 Å². The van der Waals surface area contributed by atoms with Gasteiger partial charge in [-0.2, -0.15) is 18.3 Å². The minimum Gasteiger partial charge on any atom is -0.378 e. The van der Waals surface area contributed by atoms with Crippen molar-refractivity contribution in [3.63, 3.8) is 0 Å². The van der Waals surface area contributed by atoms with Gasteiger partial charge in [0.05, 0.1) is 11.9 Å². The zero-order valence-corrected chi connectivity index (χ0v) is 12.7. The first-order valence-electron chi connectivity index (χ1n) is 6.21. The van der Waals surface area contributed by atoms with Crippen LogP contribution in [0.3, 0.4) is 0 Å². The molecule has 0 aromatic carbocycles. The molecule has 1 heterocycles. The lowest BCUT2D eigenvalue weighted by atomic mass is 9.98. The van der Waals surface area contributed by atoms with Crippen LogP contribution in [0.5, 0.6) is 0 Å². The van der Waals surface area contributed by atoms with E-state index in [-0.39, 0.29) is 10.0 Å². The second kappa shape index (κ2) is 5.05. The third-order valence-corrected chi connectivity index (χ3v) is 4.14. The largest absolute Gasteiger partial charge is 0.408 e. The average Bonchev–Trinajstić information content (AvgIpc) is 3.11. The summed E-state index contributed by atoms with van der Waals surface area (Å²) < 4.78 is 37.4. The fraction of sp³-hybridized carbons (Fsp3) is 0.667. The third kappa shape index (κ3) is 3.53. The minimum atomic E-state index is -4.47. The van der Waals surface area contributed by atoms with E-state index in [1.807, 2.05) is 13.8 Å². The van der Waals surface area contributed by atoms with Crippen LogP contribution in [0.1, 0.15) is 26.7 Å². The summed E-state index contributed by atoms with van der Waals surface area (Å²) in [6.45, 7) is 2.60. The summed E-state index contributed by atoms with van der Waals surface area (Å²) in [6, 6.07) is 0. The monoisotopic (exact) mass is 353 g/mol. The molecule has 112 valence electrons. The molecule has 0 amide bonds. The van der Waals surface area contributed by atoms with E-state index in [4.69, 9.17) is 0 Å². The first-order valence-corrected chi connectivity index (χ1v) is 7.00. The van der Waals surface area contributed by atoms with Crippen molar-refractivity contribution < 1.29 is 13.2 Å². The molecule has 0 radical (unpaired) electrons. The van der Waals surface area contributed by atoms with Gasteiger partial charge >= 0.3 is 6.18 Å². The molecule has 0 spiro atoms. The van der Waals surface area contributed by atoms with Crippen LogP contribution in [0.4, 0.5) is 18.9 Å². The summed E-state index contributed by atoms with van der Waals surface area (Å²) in [5.41, 5.74) is -0.586. The van der Waals surface area contributed by atoms with Gasteiger partial charge < -0.3 is 5.32 Å². The number of halogens is 4. The summed E-state index contributed by atoms with van der Waals surface area (Å²) in [6.07, 6.45) is -1.01. The molecule has 0 bridgehead atoms. The Kier molecular flexibility index (Phi) is 3.88. The van der Waals surface area contributed by atoms with Crippen molar-refractivity contribution in [1.82, 2.24) is 9.78 Å². The normalized spacial score (nSPS) is 16.3. The van der Waals surface area contributed by atoms with Crippen LogP contribution >= 0.6 is 15.9 Å². The van der Waals surface area contributed by atoms with Gasteiger partial charge in [0.15, 0.2) is 0 Å². The molecule has 1 aliphatic carbocycles. The summed E-state index contributed by atoms with van der Waals surface area (Å²) in [4.78, 5) is 11.9. The lowest BCUT2D eigenvalue weighted by Crippen LogP contribution is -2.36. The van der Waals surface area contributed by atoms with Gasteiger partial charge in [-0.25, -0.2) is 4.68 Å². The Hall–Kier alpha value is -1.05. The first-order chi connectivity index (χ1) is 9.10. The van der Waals surface area contributed by atoms with Crippen LogP contribution in [0, 0.1) is 5.92 Å². The van der Waals surface area contributed by atoms with Gasteiger partial charge in [0.25, 0.3) is 5.56 Å². The number of aromatic nitrogens is 2. The molecule has 0 unspecified atom stereocenters. The molecule has 0 saturated heterocycles. The highest BCUT2D eigenvalue weighted by Crippen LogP contribution is 2.41. The van der Waals surface area contributed by atoms with Crippen molar-refractivity contribution in [2.45, 2.75) is 44.9 Å². The van der Waals surface area contributed by atoms with Gasteiger partial charge in [-0.3, -0.25) is 4.79 Å². The quantitative estimate of drug-likeness (QED) is 0.904. The number of anilines is 1. The van der Waals surface area contributed by atoms with Crippen molar-refractivity contribution in [2.75, 3.05) is 5.32 Å². The lowest BCUT2D eigenvalue weighted by molar-refractivity contribution is -0.143. The molecule has 20 heavy (non-hydrogen) atoms. The van der Waals surface area contributed by atoms with Crippen LogP contribution in [0.2, 0.25) is 0 Å². The topological polar surface area (TPSA) is 46.9 Å². The van der Waals surface area contributed by atoms with Crippen LogP contribution in [0.25, 0.3) is 0 Å². The SMILES string of the molecule is CC(C)(Nc1cnn(CC(F)(F)F)c(=O)c1Br)C1CC1. The van der Waals surface area contributed by atoms with Gasteiger partial charge in [-0.15, -0.1) is 0 Å². The molecular weight excluding hydrogens is 339 g/mol. The minimum absolute atomic E-state index is 0.0745. The summed E-state index contributed by atoms with van der Waals surface area (Å²) in [7, 11) is 0. The van der Waals surface area contributed by atoms with Gasteiger partial charge in [-0.1, -0.05) is 0 Å². The molecule has 1 aromatic rings. The van der Waals surface area contributed by atoms with Gasteiger partial charge in [0.2, 0.25) is 0 Å². The molecule has 1 saturated carbocycles. The van der Waals surface area contributed by atoms with Crippen LogP contribution in [-0.4, -0.2) is 21.5 Å². The highest BCUT2D eigenvalue weighted by molar-refractivity contribution is 9.10. The first kappa shape index (κ1) is 15.3. The molecule has 1 aliphatic rings. The standard InChI is InChI=1S/C12H15BrF3N3O/c1-11(2,7-3-4-7)18-8-5-17-19(6-12(14,15)16)10(20)9(8)13/h5,7,18H,3-4,6H2,1-2H3. The Bertz CT molecular complexity index is 564. The highest BCUT2D eigenvalue weighted by Gasteiger charge is 2.38. The maximum absolute atomic E-state index is 12.3. The van der Waals surface area contributed by atoms with E-state index in [1.54, 1.807) is 0 Å².